The lowest BCUT2D eigenvalue weighted by atomic mass is 10.1. The Morgan fingerprint density at radius 2 is 1.18 bits per heavy atom. The first-order valence-corrected chi connectivity index (χ1v) is 15.8. The van der Waals surface area contributed by atoms with Crippen molar-refractivity contribution in [1.29, 1.82) is 0 Å². The van der Waals surface area contributed by atoms with Gasteiger partial charge in [-0.15, -0.1) is 0 Å². The Bertz CT molecular complexity index is 1400. The summed E-state index contributed by atoms with van der Waals surface area (Å²) in [6.07, 6.45) is 1.27. The zero-order valence-electron chi connectivity index (χ0n) is 21.3. The molecule has 4 rings (SSSR count). The van der Waals surface area contributed by atoms with Crippen LogP contribution in [-0.2, 0) is 26.7 Å². The van der Waals surface area contributed by atoms with E-state index in [1.807, 2.05) is 67.6 Å². The van der Waals surface area contributed by atoms with Crippen molar-refractivity contribution in [3.63, 3.8) is 0 Å². The standard InChI is InChI=1S/C30H32NO5PS/c1-2-14-30(37(32,35-27-17-6-3-7-18-27)36-28-19-8-4-9-20-28)31-23-25-15-12-13-16-26(25)24-38(33,34)29-21-10-5-11-22-29/h3-13,15-22,30-31H,2,14,23-24H2,1H3. The third-order valence-corrected chi connectivity index (χ3v) is 9.81. The van der Waals surface area contributed by atoms with E-state index in [0.717, 1.165) is 12.0 Å². The molecule has 1 N–H and O–H groups in total. The van der Waals surface area contributed by atoms with Crippen LogP contribution in [0.15, 0.2) is 120 Å². The molecule has 1 unspecified atom stereocenters. The highest BCUT2D eigenvalue weighted by atomic mass is 32.2. The van der Waals surface area contributed by atoms with Crippen molar-refractivity contribution in [1.82, 2.24) is 5.32 Å². The van der Waals surface area contributed by atoms with E-state index in [-0.39, 0.29) is 10.6 Å². The molecule has 8 heteroatoms. The van der Waals surface area contributed by atoms with Crippen LogP contribution in [0.5, 0.6) is 11.5 Å². The van der Waals surface area contributed by atoms with Gasteiger partial charge in [-0.2, -0.15) is 0 Å². The van der Waals surface area contributed by atoms with Crippen LogP contribution in [-0.4, -0.2) is 14.2 Å². The van der Waals surface area contributed by atoms with Crippen molar-refractivity contribution in [2.24, 2.45) is 0 Å². The Hall–Kier alpha value is -3.38. The summed E-state index contributed by atoms with van der Waals surface area (Å²) in [5, 5.41) is 3.38. The monoisotopic (exact) mass is 549 g/mol. The van der Waals surface area contributed by atoms with E-state index < -0.39 is 23.2 Å². The second kappa shape index (κ2) is 12.9. The van der Waals surface area contributed by atoms with Crippen LogP contribution in [0.4, 0.5) is 0 Å². The number of para-hydroxylation sites is 2. The Morgan fingerprint density at radius 1 is 0.711 bits per heavy atom. The van der Waals surface area contributed by atoms with Gasteiger partial charge in [0.25, 0.3) is 0 Å². The lowest BCUT2D eigenvalue weighted by Crippen LogP contribution is -2.32. The maximum atomic E-state index is 14.4. The zero-order valence-corrected chi connectivity index (χ0v) is 23.0. The predicted octanol–water partition coefficient (Wildman–Crippen LogP) is 7.23. The lowest BCUT2D eigenvalue weighted by Gasteiger charge is -2.28. The average Bonchev–Trinajstić information content (AvgIpc) is 2.93. The predicted molar refractivity (Wildman–Crippen MR) is 151 cm³/mol. The van der Waals surface area contributed by atoms with Crippen molar-refractivity contribution < 1.29 is 22.0 Å². The quantitative estimate of drug-likeness (QED) is 0.177. The summed E-state index contributed by atoms with van der Waals surface area (Å²) in [6, 6.07) is 33.8. The first-order chi connectivity index (χ1) is 18.4. The molecule has 0 radical (unpaired) electrons. The van der Waals surface area contributed by atoms with Crippen LogP contribution in [0.3, 0.4) is 0 Å². The minimum absolute atomic E-state index is 0.133. The van der Waals surface area contributed by atoms with Crippen molar-refractivity contribution in [2.75, 3.05) is 0 Å². The van der Waals surface area contributed by atoms with Gasteiger partial charge in [0.15, 0.2) is 9.84 Å². The highest BCUT2D eigenvalue weighted by molar-refractivity contribution is 7.90. The summed E-state index contributed by atoms with van der Waals surface area (Å²) in [4.78, 5) is 0.281. The maximum Gasteiger partial charge on any atom is 0.447 e. The molecule has 0 aromatic heterocycles. The molecule has 0 saturated heterocycles. The van der Waals surface area contributed by atoms with Crippen LogP contribution < -0.4 is 14.4 Å². The van der Waals surface area contributed by atoms with E-state index in [4.69, 9.17) is 9.05 Å². The Balaban J connectivity index is 1.59. The lowest BCUT2D eigenvalue weighted by molar-refractivity contribution is 0.353. The molecule has 0 fully saturated rings. The summed E-state index contributed by atoms with van der Waals surface area (Å²) in [6.45, 7) is 2.30. The van der Waals surface area contributed by atoms with E-state index in [0.29, 0.717) is 30.0 Å². The fraction of sp³-hybridized carbons (Fsp3) is 0.200. The van der Waals surface area contributed by atoms with Gasteiger partial charge in [0.05, 0.1) is 10.6 Å². The van der Waals surface area contributed by atoms with Gasteiger partial charge >= 0.3 is 7.60 Å². The van der Waals surface area contributed by atoms with Gasteiger partial charge in [0.2, 0.25) is 0 Å². The van der Waals surface area contributed by atoms with Crippen molar-refractivity contribution in [2.45, 2.75) is 42.7 Å². The molecule has 0 aliphatic rings. The fourth-order valence-corrected chi connectivity index (χ4v) is 7.50. The van der Waals surface area contributed by atoms with E-state index in [9.17, 15) is 13.0 Å². The minimum atomic E-state index is -3.76. The summed E-state index contributed by atoms with van der Waals surface area (Å²) in [5.41, 5.74) is 1.49. The molecule has 4 aromatic carbocycles. The fourth-order valence-electron chi connectivity index (χ4n) is 4.06. The SMILES string of the molecule is CCCC(NCc1ccccc1CS(=O)(=O)c1ccccc1)P(=O)(Oc1ccccc1)Oc1ccccc1. The topological polar surface area (TPSA) is 81.7 Å². The molecule has 0 amide bonds. The van der Waals surface area contributed by atoms with Gasteiger partial charge in [-0.1, -0.05) is 92.2 Å². The molecule has 0 spiro atoms. The molecular formula is C30H32NO5PS. The average molecular weight is 550 g/mol. The molecule has 0 saturated carbocycles. The molecule has 1 atom stereocenters. The summed E-state index contributed by atoms with van der Waals surface area (Å²) < 4.78 is 52.6. The van der Waals surface area contributed by atoms with Crippen LogP contribution in [0.25, 0.3) is 0 Å². The van der Waals surface area contributed by atoms with Crippen LogP contribution >= 0.6 is 7.60 Å². The van der Waals surface area contributed by atoms with Crippen molar-refractivity contribution >= 4 is 17.4 Å². The zero-order chi connectivity index (χ0) is 26.8. The maximum absolute atomic E-state index is 14.4. The van der Waals surface area contributed by atoms with Gasteiger partial charge in [0, 0.05) is 6.54 Å². The third kappa shape index (κ3) is 7.35. The summed E-state index contributed by atoms with van der Waals surface area (Å²) in [7, 11) is -7.29. The number of hydrogen-bond acceptors (Lipinski definition) is 6. The van der Waals surface area contributed by atoms with E-state index in [1.165, 1.54) is 0 Å². The van der Waals surface area contributed by atoms with Crippen LogP contribution in [0.1, 0.15) is 30.9 Å². The molecule has 0 bridgehead atoms. The number of rotatable bonds is 13. The van der Waals surface area contributed by atoms with Crippen molar-refractivity contribution in [3.05, 3.63) is 126 Å². The van der Waals surface area contributed by atoms with Crippen LogP contribution in [0.2, 0.25) is 0 Å². The van der Waals surface area contributed by atoms with E-state index >= 15 is 0 Å². The first-order valence-electron chi connectivity index (χ1n) is 12.6. The number of benzene rings is 4. The molecular weight excluding hydrogens is 517 g/mol. The Kier molecular flexibility index (Phi) is 9.40. The highest BCUT2D eigenvalue weighted by Gasteiger charge is 2.38. The third-order valence-electron chi connectivity index (χ3n) is 5.99. The molecule has 0 heterocycles. The smallest absolute Gasteiger partial charge is 0.415 e. The van der Waals surface area contributed by atoms with Gasteiger partial charge < -0.3 is 9.05 Å². The molecule has 198 valence electrons. The van der Waals surface area contributed by atoms with Gasteiger partial charge in [0.1, 0.15) is 17.3 Å². The second-order valence-corrected chi connectivity index (χ2v) is 12.9. The molecule has 4 aromatic rings. The Morgan fingerprint density at radius 3 is 1.71 bits per heavy atom. The minimum Gasteiger partial charge on any atom is -0.415 e. The van der Waals surface area contributed by atoms with E-state index in [2.05, 4.69) is 5.32 Å². The van der Waals surface area contributed by atoms with Gasteiger partial charge in [-0.25, -0.2) is 13.0 Å². The highest BCUT2D eigenvalue weighted by Crippen LogP contribution is 2.53. The Labute approximate surface area is 225 Å². The molecule has 38 heavy (non-hydrogen) atoms. The van der Waals surface area contributed by atoms with Gasteiger partial charge in [-0.3, -0.25) is 5.32 Å². The normalized spacial score (nSPS) is 12.6. The van der Waals surface area contributed by atoms with Gasteiger partial charge in [-0.05, 0) is 53.9 Å². The number of hydrogen-bond donors (Lipinski definition) is 1. The van der Waals surface area contributed by atoms with Crippen LogP contribution in [0, 0.1) is 0 Å². The summed E-state index contributed by atoms with van der Waals surface area (Å²) >= 11 is 0. The molecule has 6 nitrogen and oxygen atoms in total. The number of nitrogens with one attached hydrogen (secondary N) is 1. The van der Waals surface area contributed by atoms with E-state index in [1.54, 1.807) is 54.6 Å². The first kappa shape index (κ1) is 27.6. The largest absolute Gasteiger partial charge is 0.447 e. The molecule has 0 aliphatic heterocycles. The second-order valence-electron chi connectivity index (χ2n) is 8.87. The molecule has 0 aliphatic carbocycles. The number of sulfone groups is 1. The summed E-state index contributed by atoms with van der Waals surface area (Å²) in [5.74, 6) is 0.131. The van der Waals surface area contributed by atoms with Crippen molar-refractivity contribution in [3.8, 4) is 11.5 Å².